The molecule has 2 rings (SSSR count). The van der Waals surface area contributed by atoms with Crippen molar-refractivity contribution in [3.8, 4) is 0 Å². The normalized spacial score (nSPS) is 36.2. The summed E-state index contributed by atoms with van der Waals surface area (Å²) in [6.07, 6.45) is 10.0. The second-order valence-corrected chi connectivity index (χ2v) is 6.51. The van der Waals surface area contributed by atoms with Gasteiger partial charge in [0.25, 0.3) is 0 Å². The number of ether oxygens (including phenoxy) is 1. The molecule has 2 bridgehead atoms. The molecule has 0 amide bonds. The Morgan fingerprint density at radius 1 is 1.22 bits per heavy atom. The van der Waals surface area contributed by atoms with Crippen LogP contribution in [0.1, 0.15) is 58.8 Å². The van der Waals surface area contributed by atoms with Crippen LogP contribution in [0.25, 0.3) is 0 Å². The highest BCUT2D eigenvalue weighted by atomic mass is 16.5. The molecule has 2 fully saturated rings. The summed E-state index contributed by atoms with van der Waals surface area (Å²) >= 11 is 0. The van der Waals surface area contributed by atoms with E-state index < -0.39 is 0 Å². The minimum atomic E-state index is 0.171. The monoisotopic (exact) mass is 254 g/mol. The number of fused-ring (bicyclic) bond motifs is 2. The van der Waals surface area contributed by atoms with Crippen molar-refractivity contribution in [3.63, 3.8) is 0 Å². The second kappa shape index (κ2) is 6.91. The van der Waals surface area contributed by atoms with E-state index in [1.54, 1.807) is 0 Å². The summed E-state index contributed by atoms with van der Waals surface area (Å²) in [5, 5.41) is 8.89. The number of aliphatic hydroxyl groups is 1. The van der Waals surface area contributed by atoms with Gasteiger partial charge in [-0.25, -0.2) is 0 Å². The molecule has 0 aromatic heterocycles. The van der Waals surface area contributed by atoms with Gasteiger partial charge in [0.15, 0.2) is 0 Å². The first-order chi connectivity index (χ1) is 8.76. The Morgan fingerprint density at radius 3 is 2.72 bits per heavy atom. The molecule has 2 aliphatic carbocycles. The van der Waals surface area contributed by atoms with E-state index in [2.05, 4.69) is 13.8 Å². The molecule has 2 heteroatoms. The van der Waals surface area contributed by atoms with Crippen molar-refractivity contribution in [2.45, 2.75) is 64.9 Å². The SMILES string of the molecule is CCCCCC(C)C1CC2CC(OCCO)C1C2. The van der Waals surface area contributed by atoms with E-state index in [9.17, 15) is 0 Å². The molecule has 1 N–H and O–H groups in total. The molecule has 0 saturated heterocycles. The third-order valence-corrected chi connectivity index (χ3v) is 5.22. The van der Waals surface area contributed by atoms with Crippen LogP contribution in [-0.2, 0) is 4.74 Å². The summed E-state index contributed by atoms with van der Waals surface area (Å²) in [4.78, 5) is 0. The van der Waals surface area contributed by atoms with Crippen molar-refractivity contribution >= 4 is 0 Å². The quantitative estimate of drug-likeness (QED) is 0.670. The van der Waals surface area contributed by atoms with Crippen molar-refractivity contribution in [2.75, 3.05) is 13.2 Å². The minimum absolute atomic E-state index is 0.171. The fourth-order valence-electron chi connectivity index (χ4n) is 4.32. The van der Waals surface area contributed by atoms with Gasteiger partial charge in [0.1, 0.15) is 0 Å². The number of hydrogen-bond acceptors (Lipinski definition) is 2. The summed E-state index contributed by atoms with van der Waals surface area (Å²) in [7, 11) is 0. The van der Waals surface area contributed by atoms with Crippen LogP contribution in [0.2, 0.25) is 0 Å². The summed E-state index contributed by atoms with van der Waals surface area (Å²) in [6.45, 7) is 5.43. The van der Waals surface area contributed by atoms with Gasteiger partial charge < -0.3 is 9.84 Å². The topological polar surface area (TPSA) is 29.5 Å². The van der Waals surface area contributed by atoms with Crippen LogP contribution in [-0.4, -0.2) is 24.4 Å². The van der Waals surface area contributed by atoms with E-state index >= 15 is 0 Å². The lowest BCUT2D eigenvalue weighted by Gasteiger charge is -2.33. The molecule has 5 unspecified atom stereocenters. The first-order valence-electron chi connectivity index (χ1n) is 7.98. The molecular formula is C16H30O2. The fraction of sp³-hybridized carbons (Fsp3) is 1.00. The molecule has 2 aliphatic rings. The molecule has 5 atom stereocenters. The van der Waals surface area contributed by atoms with Crippen molar-refractivity contribution in [2.24, 2.45) is 23.7 Å². The van der Waals surface area contributed by atoms with Gasteiger partial charge >= 0.3 is 0 Å². The molecule has 0 aromatic rings. The summed E-state index contributed by atoms with van der Waals surface area (Å²) in [6, 6.07) is 0. The molecule has 0 radical (unpaired) electrons. The smallest absolute Gasteiger partial charge is 0.0701 e. The van der Waals surface area contributed by atoms with Crippen molar-refractivity contribution in [1.82, 2.24) is 0 Å². The second-order valence-electron chi connectivity index (χ2n) is 6.51. The lowest BCUT2D eigenvalue weighted by Crippen LogP contribution is -2.31. The Hall–Kier alpha value is -0.0800. The predicted octanol–water partition coefficient (Wildman–Crippen LogP) is 3.63. The third-order valence-electron chi connectivity index (χ3n) is 5.22. The third kappa shape index (κ3) is 3.27. The van der Waals surface area contributed by atoms with Gasteiger partial charge in [0.05, 0.1) is 19.3 Å². The molecule has 0 spiro atoms. The van der Waals surface area contributed by atoms with Gasteiger partial charge in [-0.1, -0.05) is 39.5 Å². The van der Waals surface area contributed by atoms with Gasteiger partial charge in [0.2, 0.25) is 0 Å². The van der Waals surface area contributed by atoms with Gasteiger partial charge in [-0.2, -0.15) is 0 Å². The zero-order valence-electron chi connectivity index (χ0n) is 12.1. The van der Waals surface area contributed by atoms with Crippen LogP contribution in [0.4, 0.5) is 0 Å². The van der Waals surface area contributed by atoms with E-state index in [1.807, 2.05) is 0 Å². The van der Waals surface area contributed by atoms with Crippen LogP contribution in [0.15, 0.2) is 0 Å². The van der Waals surface area contributed by atoms with Crippen LogP contribution in [0.5, 0.6) is 0 Å². The fourth-order valence-corrected chi connectivity index (χ4v) is 4.32. The van der Waals surface area contributed by atoms with E-state index in [0.717, 1.165) is 23.7 Å². The summed E-state index contributed by atoms with van der Waals surface area (Å²) in [5.74, 6) is 3.46. The average Bonchev–Trinajstić information content (AvgIpc) is 2.96. The Morgan fingerprint density at radius 2 is 2.06 bits per heavy atom. The van der Waals surface area contributed by atoms with Gasteiger partial charge in [-0.05, 0) is 42.9 Å². The Labute approximate surface area is 112 Å². The van der Waals surface area contributed by atoms with Crippen LogP contribution in [0, 0.1) is 23.7 Å². The van der Waals surface area contributed by atoms with Crippen molar-refractivity contribution in [1.29, 1.82) is 0 Å². The number of aliphatic hydroxyl groups excluding tert-OH is 1. The highest BCUT2D eigenvalue weighted by molar-refractivity contribution is 4.97. The largest absolute Gasteiger partial charge is 0.394 e. The minimum Gasteiger partial charge on any atom is -0.394 e. The average molecular weight is 254 g/mol. The van der Waals surface area contributed by atoms with Crippen molar-refractivity contribution < 1.29 is 9.84 Å². The molecular weight excluding hydrogens is 224 g/mol. The van der Waals surface area contributed by atoms with Crippen molar-refractivity contribution in [3.05, 3.63) is 0 Å². The van der Waals surface area contributed by atoms with Crippen LogP contribution >= 0.6 is 0 Å². The highest BCUT2D eigenvalue weighted by Gasteiger charge is 2.47. The van der Waals surface area contributed by atoms with E-state index in [4.69, 9.17) is 9.84 Å². The van der Waals surface area contributed by atoms with Crippen LogP contribution < -0.4 is 0 Å². The molecule has 0 aromatic carbocycles. The number of rotatable bonds is 8. The van der Waals surface area contributed by atoms with E-state index in [0.29, 0.717) is 12.7 Å². The maximum Gasteiger partial charge on any atom is 0.0701 e. The molecule has 0 heterocycles. The molecule has 0 aliphatic heterocycles. The zero-order valence-corrected chi connectivity index (χ0v) is 12.1. The van der Waals surface area contributed by atoms with Gasteiger partial charge in [-0.3, -0.25) is 0 Å². The van der Waals surface area contributed by atoms with Gasteiger partial charge in [0, 0.05) is 0 Å². The molecule has 2 nitrogen and oxygen atoms in total. The standard InChI is InChI=1S/C16H30O2/c1-3-4-5-6-12(2)14-9-13-10-15(14)16(11-13)18-8-7-17/h12-17H,3-11H2,1-2H3. The first kappa shape index (κ1) is 14.3. The molecule has 106 valence electrons. The first-order valence-corrected chi connectivity index (χ1v) is 7.98. The van der Waals surface area contributed by atoms with Gasteiger partial charge in [-0.15, -0.1) is 0 Å². The van der Waals surface area contributed by atoms with Crippen LogP contribution in [0.3, 0.4) is 0 Å². The Bertz CT molecular complexity index is 241. The lowest BCUT2D eigenvalue weighted by atomic mass is 9.77. The maximum absolute atomic E-state index is 8.89. The maximum atomic E-state index is 8.89. The number of hydrogen-bond donors (Lipinski definition) is 1. The molecule has 18 heavy (non-hydrogen) atoms. The Kier molecular flexibility index (Phi) is 5.50. The number of unbranched alkanes of at least 4 members (excludes halogenated alkanes) is 2. The lowest BCUT2D eigenvalue weighted by molar-refractivity contribution is -0.0251. The summed E-state index contributed by atoms with van der Waals surface area (Å²) < 4.78 is 5.84. The Balaban J connectivity index is 1.79. The molecule has 2 saturated carbocycles. The predicted molar refractivity (Wildman–Crippen MR) is 74.5 cm³/mol. The van der Waals surface area contributed by atoms with E-state index in [-0.39, 0.29) is 6.61 Å². The zero-order chi connectivity index (χ0) is 13.0. The highest BCUT2D eigenvalue weighted by Crippen LogP contribution is 2.52. The van der Waals surface area contributed by atoms with E-state index in [1.165, 1.54) is 44.9 Å². The summed E-state index contributed by atoms with van der Waals surface area (Å²) in [5.41, 5.74) is 0.